The summed E-state index contributed by atoms with van der Waals surface area (Å²) in [4.78, 5) is 0. The molecule has 0 saturated heterocycles. The van der Waals surface area contributed by atoms with E-state index in [0.29, 0.717) is 11.3 Å². The normalized spacial score (nSPS) is 15.3. The van der Waals surface area contributed by atoms with Gasteiger partial charge in [0.2, 0.25) is 0 Å². The van der Waals surface area contributed by atoms with E-state index in [2.05, 4.69) is 44.3 Å². The van der Waals surface area contributed by atoms with Gasteiger partial charge in [0, 0.05) is 23.5 Å². The molecule has 1 aromatic rings. The van der Waals surface area contributed by atoms with Crippen LogP contribution in [0.2, 0.25) is 0 Å². The number of nitrogen functional groups attached to an aromatic ring is 1. The van der Waals surface area contributed by atoms with Crippen LogP contribution >= 0.6 is 0 Å². The summed E-state index contributed by atoms with van der Waals surface area (Å²) in [6, 6.07) is 7.81. The Hall–Kier alpha value is -2.47. The average molecular weight is 279 g/mol. The van der Waals surface area contributed by atoms with Crippen molar-refractivity contribution in [2.24, 2.45) is 0 Å². The second kappa shape index (κ2) is 6.32. The first-order valence-electron chi connectivity index (χ1n) is 7.19. The van der Waals surface area contributed by atoms with Crippen molar-refractivity contribution in [2.75, 3.05) is 12.3 Å². The fourth-order valence-electron chi connectivity index (χ4n) is 2.34. The molecule has 2 rings (SSSR count). The lowest BCUT2D eigenvalue weighted by Crippen LogP contribution is -2.18. The Kier molecular flexibility index (Phi) is 4.49. The lowest BCUT2D eigenvalue weighted by atomic mass is 9.91. The largest absolute Gasteiger partial charge is 0.398 e. The molecule has 108 valence electrons. The molecule has 0 atom stereocenters. The fraction of sp³-hybridized carbons (Fsp3) is 0.278. The molecule has 1 aromatic carbocycles. The van der Waals surface area contributed by atoms with Crippen LogP contribution in [0.1, 0.15) is 38.3 Å². The number of nitriles is 1. The maximum Gasteiger partial charge on any atom is 0.101 e. The summed E-state index contributed by atoms with van der Waals surface area (Å²) in [6.07, 6.45) is 5.40. The Labute approximate surface area is 126 Å². The Morgan fingerprint density at radius 3 is 2.90 bits per heavy atom. The predicted molar refractivity (Wildman–Crippen MR) is 88.3 cm³/mol. The molecular formula is C18H21N3. The van der Waals surface area contributed by atoms with E-state index in [0.717, 1.165) is 29.8 Å². The highest BCUT2D eigenvalue weighted by atomic mass is 14.9. The van der Waals surface area contributed by atoms with Gasteiger partial charge in [0.25, 0.3) is 0 Å². The van der Waals surface area contributed by atoms with E-state index >= 15 is 0 Å². The number of allylic oxidation sites excluding steroid dienone is 5. The number of benzene rings is 1. The molecule has 0 radical (unpaired) electrons. The molecule has 21 heavy (non-hydrogen) atoms. The molecule has 1 heterocycles. The first kappa shape index (κ1) is 14.9. The SMILES string of the molecule is CC/C(C)=C/C1=C(C)NCC=C1c1ccc(N)c(C#N)c1. The van der Waals surface area contributed by atoms with Gasteiger partial charge in [0.05, 0.1) is 5.56 Å². The van der Waals surface area contributed by atoms with Gasteiger partial charge in [-0.15, -0.1) is 0 Å². The molecule has 1 aliphatic heterocycles. The van der Waals surface area contributed by atoms with Crippen LogP contribution in [0.4, 0.5) is 5.69 Å². The number of hydrogen-bond donors (Lipinski definition) is 2. The monoisotopic (exact) mass is 279 g/mol. The second-order valence-electron chi connectivity index (χ2n) is 5.30. The molecule has 0 saturated carbocycles. The fourth-order valence-corrected chi connectivity index (χ4v) is 2.34. The van der Waals surface area contributed by atoms with Crippen LogP contribution in [0.5, 0.6) is 0 Å². The minimum atomic E-state index is 0.526. The highest BCUT2D eigenvalue weighted by Gasteiger charge is 2.14. The zero-order valence-corrected chi connectivity index (χ0v) is 12.8. The zero-order valence-electron chi connectivity index (χ0n) is 12.8. The number of hydrogen-bond acceptors (Lipinski definition) is 3. The molecule has 3 heteroatoms. The molecule has 0 bridgehead atoms. The highest BCUT2D eigenvalue weighted by molar-refractivity contribution is 5.85. The minimum Gasteiger partial charge on any atom is -0.398 e. The first-order valence-corrected chi connectivity index (χ1v) is 7.19. The summed E-state index contributed by atoms with van der Waals surface area (Å²) in [5.74, 6) is 0. The summed E-state index contributed by atoms with van der Waals surface area (Å²) in [5.41, 5.74) is 12.8. The maximum absolute atomic E-state index is 9.16. The van der Waals surface area contributed by atoms with Gasteiger partial charge in [-0.3, -0.25) is 0 Å². The number of anilines is 1. The molecule has 1 aliphatic rings. The molecule has 0 unspecified atom stereocenters. The van der Waals surface area contributed by atoms with Gasteiger partial charge in [-0.05, 0) is 43.5 Å². The third kappa shape index (κ3) is 3.17. The molecule has 0 fully saturated rings. The smallest absolute Gasteiger partial charge is 0.101 e. The summed E-state index contributed by atoms with van der Waals surface area (Å²) in [6.45, 7) is 7.18. The van der Waals surface area contributed by atoms with Gasteiger partial charge in [-0.2, -0.15) is 5.26 Å². The topological polar surface area (TPSA) is 61.8 Å². The van der Waals surface area contributed by atoms with Crippen molar-refractivity contribution >= 4 is 11.3 Å². The lowest BCUT2D eigenvalue weighted by molar-refractivity contribution is 0.882. The minimum absolute atomic E-state index is 0.526. The van der Waals surface area contributed by atoms with Crippen molar-refractivity contribution in [1.29, 1.82) is 5.26 Å². The van der Waals surface area contributed by atoms with Crippen molar-refractivity contribution < 1.29 is 0 Å². The van der Waals surface area contributed by atoms with Crippen LogP contribution in [0.25, 0.3) is 5.57 Å². The van der Waals surface area contributed by atoms with Crippen LogP contribution in [-0.2, 0) is 0 Å². The van der Waals surface area contributed by atoms with E-state index < -0.39 is 0 Å². The van der Waals surface area contributed by atoms with Crippen molar-refractivity contribution in [3.8, 4) is 6.07 Å². The second-order valence-corrected chi connectivity index (χ2v) is 5.30. The molecule has 3 N–H and O–H groups in total. The summed E-state index contributed by atoms with van der Waals surface area (Å²) >= 11 is 0. The van der Waals surface area contributed by atoms with Crippen LogP contribution < -0.4 is 11.1 Å². The summed E-state index contributed by atoms with van der Waals surface area (Å²) in [5, 5.41) is 12.5. The standard InChI is InChI=1S/C18H21N3/c1-4-12(2)9-17-13(3)21-8-7-16(17)14-5-6-18(20)15(10-14)11-19/h5-7,9-10,21H,4,8,20H2,1-3H3/b12-9+. The number of dihydropyridines is 1. The number of nitrogens with two attached hydrogens (primary N) is 1. The Morgan fingerprint density at radius 1 is 1.48 bits per heavy atom. The molecule has 0 spiro atoms. The van der Waals surface area contributed by atoms with Crippen molar-refractivity contribution in [3.63, 3.8) is 0 Å². The maximum atomic E-state index is 9.16. The van der Waals surface area contributed by atoms with Crippen molar-refractivity contribution in [2.45, 2.75) is 27.2 Å². The number of nitrogens with one attached hydrogen (secondary N) is 1. The molecule has 0 amide bonds. The summed E-state index contributed by atoms with van der Waals surface area (Å²) < 4.78 is 0. The van der Waals surface area contributed by atoms with Gasteiger partial charge >= 0.3 is 0 Å². The Bertz CT molecular complexity index is 685. The van der Waals surface area contributed by atoms with Crippen LogP contribution in [0, 0.1) is 11.3 Å². The van der Waals surface area contributed by atoms with E-state index in [9.17, 15) is 0 Å². The third-order valence-electron chi connectivity index (χ3n) is 3.80. The van der Waals surface area contributed by atoms with Gasteiger partial charge in [0.1, 0.15) is 6.07 Å². The third-order valence-corrected chi connectivity index (χ3v) is 3.80. The van der Waals surface area contributed by atoms with Crippen molar-refractivity contribution in [1.82, 2.24) is 5.32 Å². The highest BCUT2D eigenvalue weighted by Crippen LogP contribution is 2.31. The zero-order chi connectivity index (χ0) is 15.4. The van der Waals surface area contributed by atoms with Gasteiger partial charge < -0.3 is 11.1 Å². The number of rotatable bonds is 3. The van der Waals surface area contributed by atoms with E-state index in [-0.39, 0.29) is 0 Å². The Morgan fingerprint density at radius 2 is 2.24 bits per heavy atom. The summed E-state index contributed by atoms with van der Waals surface area (Å²) in [7, 11) is 0. The van der Waals surface area contributed by atoms with Crippen LogP contribution in [0.15, 0.2) is 47.2 Å². The van der Waals surface area contributed by atoms with Gasteiger partial charge in [-0.25, -0.2) is 0 Å². The van der Waals surface area contributed by atoms with E-state index in [1.807, 2.05) is 12.1 Å². The molecule has 3 nitrogen and oxygen atoms in total. The van der Waals surface area contributed by atoms with E-state index in [4.69, 9.17) is 11.0 Å². The van der Waals surface area contributed by atoms with Gasteiger partial charge in [0.15, 0.2) is 0 Å². The van der Waals surface area contributed by atoms with Crippen LogP contribution in [-0.4, -0.2) is 6.54 Å². The molecule has 0 aromatic heterocycles. The van der Waals surface area contributed by atoms with E-state index in [1.165, 1.54) is 11.1 Å². The number of nitrogens with zero attached hydrogens (tertiary/aromatic N) is 1. The molecular weight excluding hydrogens is 258 g/mol. The predicted octanol–water partition coefficient (Wildman–Crippen LogP) is 3.76. The Balaban J connectivity index is 2.51. The van der Waals surface area contributed by atoms with Crippen molar-refractivity contribution in [3.05, 3.63) is 58.3 Å². The first-order chi connectivity index (χ1) is 10.1. The molecule has 0 aliphatic carbocycles. The van der Waals surface area contributed by atoms with Gasteiger partial charge in [-0.1, -0.05) is 30.7 Å². The van der Waals surface area contributed by atoms with Crippen LogP contribution in [0.3, 0.4) is 0 Å². The lowest BCUT2D eigenvalue weighted by Gasteiger charge is -2.20. The quantitative estimate of drug-likeness (QED) is 0.828. The average Bonchev–Trinajstić information content (AvgIpc) is 2.49. The van der Waals surface area contributed by atoms with E-state index in [1.54, 1.807) is 6.07 Å².